The van der Waals surface area contributed by atoms with Gasteiger partial charge in [-0.15, -0.1) is 0 Å². The fraction of sp³-hybridized carbons (Fsp3) is 0.235. The Morgan fingerprint density at radius 3 is 2.30 bits per heavy atom. The molecule has 2 aromatic heterocycles. The van der Waals surface area contributed by atoms with E-state index in [0.29, 0.717) is 5.95 Å². The lowest BCUT2D eigenvalue weighted by atomic mass is 10.2. The second-order valence-electron chi connectivity index (χ2n) is 5.66. The van der Waals surface area contributed by atoms with Gasteiger partial charge in [0.2, 0.25) is 5.95 Å². The highest BCUT2D eigenvalue weighted by atomic mass is 15.2. The summed E-state index contributed by atoms with van der Waals surface area (Å²) in [6.45, 7) is 7.98. The Morgan fingerprint density at radius 2 is 1.65 bits per heavy atom. The molecular formula is C17H20N6. The van der Waals surface area contributed by atoms with Crippen molar-refractivity contribution in [2.45, 2.75) is 27.7 Å². The molecule has 0 bridgehead atoms. The summed E-state index contributed by atoms with van der Waals surface area (Å²) in [6, 6.07) is 10.1. The van der Waals surface area contributed by atoms with Crippen molar-refractivity contribution in [3.63, 3.8) is 0 Å². The van der Waals surface area contributed by atoms with E-state index in [1.807, 2.05) is 39.0 Å². The van der Waals surface area contributed by atoms with Gasteiger partial charge < -0.3 is 10.6 Å². The summed E-state index contributed by atoms with van der Waals surface area (Å²) >= 11 is 0. The third kappa shape index (κ3) is 3.48. The number of aromatic nitrogens is 4. The summed E-state index contributed by atoms with van der Waals surface area (Å²) in [7, 11) is 0. The summed E-state index contributed by atoms with van der Waals surface area (Å²) in [5.74, 6) is 2.05. The first-order valence-electron chi connectivity index (χ1n) is 7.49. The Morgan fingerprint density at radius 1 is 0.913 bits per heavy atom. The minimum Gasteiger partial charge on any atom is -0.324 e. The van der Waals surface area contributed by atoms with E-state index in [-0.39, 0.29) is 0 Å². The van der Waals surface area contributed by atoms with Gasteiger partial charge in [0.05, 0.1) is 0 Å². The van der Waals surface area contributed by atoms with Crippen LogP contribution in [0.5, 0.6) is 0 Å². The number of aromatic amines is 1. The molecule has 0 atom stereocenters. The van der Waals surface area contributed by atoms with Gasteiger partial charge in [0.25, 0.3) is 0 Å². The molecule has 0 amide bonds. The van der Waals surface area contributed by atoms with Gasteiger partial charge in [-0.2, -0.15) is 10.1 Å². The van der Waals surface area contributed by atoms with Crippen LogP contribution in [0.4, 0.5) is 23.3 Å². The number of nitrogens with zero attached hydrogens (tertiary/aromatic N) is 3. The number of anilines is 4. The van der Waals surface area contributed by atoms with Crippen molar-refractivity contribution in [1.29, 1.82) is 0 Å². The number of H-pyrrole nitrogens is 1. The van der Waals surface area contributed by atoms with Crippen LogP contribution in [0.15, 0.2) is 30.3 Å². The fourth-order valence-electron chi connectivity index (χ4n) is 2.18. The molecule has 0 saturated carbocycles. The highest BCUT2D eigenvalue weighted by Gasteiger charge is 2.10. The molecule has 0 aliphatic rings. The number of rotatable bonds is 4. The van der Waals surface area contributed by atoms with Crippen LogP contribution in [0.1, 0.15) is 22.5 Å². The quantitative estimate of drug-likeness (QED) is 0.681. The molecule has 6 nitrogen and oxygen atoms in total. The van der Waals surface area contributed by atoms with Crippen LogP contribution < -0.4 is 10.6 Å². The van der Waals surface area contributed by atoms with Crippen LogP contribution in [0.25, 0.3) is 0 Å². The lowest BCUT2D eigenvalue weighted by Gasteiger charge is -2.12. The Balaban J connectivity index is 1.88. The monoisotopic (exact) mass is 308 g/mol. The molecule has 6 heteroatoms. The van der Waals surface area contributed by atoms with Crippen LogP contribution in [0.2, 0.25) is 0 Å². The number of hydrogen-bond acceptors (Lipinski definition) is 5. The van der Waals surface area contributed by atoms with Gasteiger partial charge in [0.1, 0.15) is 5.82 Å². The number of hydrogen-bond donors (Lipinski definition) is 3. The molecule has 23 heavy (non-hydrogen) atoms. The van der Waals surface area contributed by atoms with Crippen molar-refractivity contribution in [3.05, 3.63) is 52.8 Å². The summed E-state index contributed by atoms with van der Waals surface area (Å²) in [5.41, 5.74) is 5.09. The zero-order valence-electron chi connectivity index (χ0n) is 13.7. The third-order valence-electron chi connectivity index (χ3n) is 3.65. The number of benzene rings is 1. The number of nitrogens with one attached hydrogen (secondary N) is 3. The molecule has 0 fully saturated rings. The van der Waals surface area contributed by atoms with Crippen molar-refractivity contribution in [3.8, 4) is 0 Å². The van der Waals surface area contributed by atoms with E-state index in [9.17, 15) is 0 Å². The van der Waals surface area contributed by atoms with E-state index in [1.165, 1.54) is 5.56 Å². The zero-order valence-corrected chi connectivity index (χ0v) is 13.7. The fourth-order valence-corrected chi connectivity index (χ4v) is 2.18. The maximum atomic E-state index is 4.57. The van der Waals surface area contributed by atoms with E-state index < -0.39 is 0 Å². The standard InChI is InChI=1S/C17H20N6/c1-10-5-7-14(8-6-10)19-17-18-13(4)12(3)16(21-17)20-15-9-11(2)22-23-15/h5-9H,1-4H3,(H3,18,19,20,21,22,23). The van der Waals surface area contributed by atoms with Crippen LogP contribution in [0, 0.1) is 27.7 Å². The van der Waals surface area contributed by atoms with Gasteiger partial charge in [0.15, 0.2) is 5.82 Å². The average molecular weight is 308 g/mol. The van der Waals surface area contributed by atoms with Crippen LogP contribution in [-0.2, 0) is 0 Å². The Kier molecular flexibility index (Phi) is 3.97. The van der Waals surface area contributed by atoms with Crippen LogP contribution in [0.3, 0.4) is 0 Å². The van der Waals surface area contributed by atoms with Gasteiger partial charge in [-0.25, -0.2) is 4.98 Å². The summed E-state index contributed by atoms with van der Waals surface area (Å²) in [6.07, 6.45) is 0. The highest BCUT2D eigenvalue weighted by Crippen LogP contribution is 2.22. The molecule has 3 aromatic rings. The maximum absolute atomic E-state index is 4.57. The smallest absolute Gasteiger partial charge is 0.229 e. The lowest BCUT2D eigenvalue weighted by Crippen LogP contribution is -2.05. The maximum Gasteiger partial charge on any atom is 0.229 e. The van der Waals surface area contributed by atoms with Crippen molar-refractivity contribution in [1.82, 2.24) is 20.2 Å². The molecule has 0 saturated heterocycles. The number of aryl methyl sites for hydroxylation is 3. The summed E-state index contributed by atoms with van der Waals surface area (Å²) < 4.78 is 0. The molecule has 0 aliphatic carbocycles. The van der Waals surface area contributed by atoms with E-state index in [4.69, 9.17) is 0 Å². The first kappa shape index (κ1) is 15.0. The van der Waals surface area contributed by atoms with Crippen molar-refractivity contribution < 1.29 is 0 Å². The molecule has 2 heterocycles. The second kappa shape index (κ2) is 6.08. The van der Waals surface area contributed by atoms with Crippen molar-refractivity contribution >= 4 is 23.3 Å². The van der Waals surface area contributed by atoms with E-state index >= 15 is 0 Å². The summed E-state index contributed by atoms with van der Waals surface area (Å²) in [4.78, 5) is 9.08. The predicted molar refractivity (Wildman–Crippen MR) is 92.6 cm³/mol. The first-order valence-corrected chi connectivity index (χ1v) is 7.49. The van der Waals surface area contributed by atoms with Gasteiger partial charge in [-0.1, -0.05) is 17.7 Å². The third-order valence-corrected chi connectivity index (χ3v) is 3.65. The molecule has 3 N–H and O–H groups in total. The van der Waals surface area contributed by atoms with Gasteiger partial charge in [-0.05, 0) is 39.8 Å². The minimum absolute atomic E-state index is 0.562. The predicted octanol–water partition coefficient (Wildman–Crippen LogP) is 3.92. The minimum atomic E-state index is 0.562. The second-order valence-corrected chi connectivity index (χ2v) is 5.66. The molecule has 0 spiro atoms. The molecule has 1 aromatic carbocycles. The first-order chi connectivity index (χ1) is 11.0. The highest BCUT2D eigenvalue weighted by molar-refractivity contribution is 5.61. The topological polar surface area (TPSA) is 78.5 Å². The molecule has 0 aliphatic heterocycles. The van der Waals surface area contributed by atoms with Crippen molar-refractivity contribution in [2.75, 3.05) is 10.6 Å². The van der Waals surface area contributed by atoms with Gasteiger partial charge >= 0.3 is 0 Å². The van der Waals surface area contributed by atoms with E-state index in [1.54, 1.807) is 0 Å². The molecular weight excluding hydrogens is 288 g/mol. The van der Waals surface area contributed by atoms with E-state index in [2.05, 4.69) is 49.9 Å². The lowest BCUT2D eigenvalue weighted by molar-refractivity contribution is 1.04. The van der Waals surface area contributed by atoms with E-state index in [0.717, 1.165) is 34.3 Å². The van der Waals surface area contributed by atoms with Crippen LogP contribution >= 0.6 is 0 Å². The average Bonchev–Trinajstić information content (AvgIpc) is 2.92. The Hall–Kier alpha value is -2.89. The molecule has 118 valence electrons. The Bertz CT molecular complexity index is 820. The summed E-state index contributed by atoms with van der Waals surface area (Å²) in [5, 5.41) is 13.6. The zero-order chi connectivity index (χ0) is 16.4. The Labute approximate surface area is 135 Å². The largest absolute Gasteiger partial charge is 0.324 e. The molecule has 3 rings (SSSR count). The van der Waals surface area contributed by atoms with Gasteiger partial charge in [-0.3, -0.25) is 5.10 Å². The van der Waals surface area contributed by atoms with Crippen molar-refractivity contribution in [2.24, 2.45) is 0 Å². The molecule has 0 radical (unpaired) electrons. The molecule has 0 unspecified atom stereocenters. The normalized spacial score (nSPS) is 10.6. The van der Waals surface area contributed by atoms with Crippen LogP contribution in [-0.4, -0.2) is 20.2 Å². The SMILES string of the molecule is Cc1ccc(Nc2nc(C)c(C)c(Nc3cc(C)[nH]n3)n2)cc1. The van der Waals surface area contributed by atoms with Gasteiger partial charge in [0, 0.05) is 28.7 Å².